The molecule has 0 spiro atoms. The van der Waals surface area contributed by atoms with Crippen molar-refractivity contribution in [2.45, 2.75) is 18.8 Å². The van der Waals surface area contributed by atoms with Crippen molar-refractivity contribution in [3.05, 3.63) is 94.5 Å². The van der Waals surface area contributed by atoms with Crippen LogP contribution in [0.3, 0.4) is 0 Å². The van der Waals surface area contributed by atoms with E-state index in [0.717, 1.165) is 21.7 Å². The Morgan fingerprint density at radius 3 is 2.62 bits per heavy atom. The van der Waals surface area contributed by atoms with E-state index in [2.05, 4.69) is 17.4 Å². The summed E-state index contributed by atoms with van der Waals surface area (Å²) >= 11 is 1.48. The Morgan fingerprint density at radius 1 is 1.03 bits per heavy atom. The standard InChI is InChI=1S/C26H24N4O3S/c1-3-33-21-14-13-18(15-22(21)32-2)24-27-20-12-8-7-11-19(20)23-25(31)28-26(29-30(23)24)34-16-17-9-5-4-6-10-17/h4-15,24H,3,16H2,1-2H3,(H,28,29,31)/t24-/m0/s1. The largest absolute Gasteiger partial charge is 0.493 e. The molecule has 1 N–H and O–H groups in total. The Morgan fingerprint density at radius 2 is 1.82 bits per heavy atom. The number of thioether (sulfide) groups is 1. The van der Waals surface area contributed by atoms with E-state index >= 15 is 0 Å². The van der Waals surface area contributed by atoms with Crippen LogP contribution in [-0.2, 0) is 10.5 Å². The number of para-hydroxylation sites is 1. The zero-order chi connectivity index (χ0) is 23.5. The molecule has 3 aromatic carbocycles. The average Bonchev–Trinajstić information content (AvgIpc) is 2.88. The number of amidine groups is 1. The van der Waals surface area contributed by atoms with Gasteiger partial charge < -0.3 is 9.47 Å². The van der Waals surface area contributed by atoms with Crippen molar-refractivity contribution in [3.8, 4) is 11.5 Å². The van der Waals surface area contributed by atoms with Gasteiger partial charge in [0.25, 0.3) is 5.91 Å². The quantitative estimate of drug-likeness (QED) is 0.597. The Labute approximate surface area is 201 Å². The molecule has 1 amide bonds. The van der Waals surface area contributed by atoms with Crippen LogP contribution >= 0.6 is 11.8 Å². The van der Waals surface area contributed by atoms with Crippen molar-refractivity contribution >= 4 is 28.5 Å². The normalized spacial score (nSPS) is 16.6. The number of carbonyl (C=O) groups excluding carboxylic acids is 1. The molecule has 2 aliphatic heterocycles. The molecule has 34 heavy (non-hydrogen) atoms. The van der Waals surface area contributed by atoms with Gasteiger partial charge in [-0.05, 0) is 30.7 Å². The molecule has 0 saturated heterocycles. The van der Waals surface area contributed by atoms with Crippen LogP contribution in [-0.4, -0.2) is 29.8 Å². The highest BCUT2D eigenvalue weighted by Gasteiger charge is 2.34. The molecule has 0 unspecified atom stereocenters. The number of methoxy groups -OCH3 is 1. The third-order valence-corrected chi connectivity index (χ3v) is 6.45. The van der Waals surface area contributed by atoms with E-state index in [1.165, 1.54) is 11.8 Å². The van der Waals surface area contributed by atoms with Crippen LogP contribution in [0.15, 0.2) is 82.9 Å². The summed E-state index contributed by atoms with van der Waals surface area (Å²) in [5.41, 5.74) is 2.48. The molecule has 7 nitrogen and oxygen atoms in total. The van der Waals surface area contributed by atoms with Crippen LogP contribution in [0.4, 0.5) is 0 Å². The Kier molecular flexibility index (Phi) is 6.22. The number of amides is 1. The summed E-state index contributed by atoms with van der Waals surface area (Å²) in [6, 6.07) is 23.4. The predicted octanol–water partition coefficient (Wildman–Crippen LogP) is 3.17. The Bertz CT molecular complexity index is 1370. The van der Waals surface area contributed by atoms with Crippen LogP contribution in [0.1, 0.15) is 24.2 Å². The molecule has 0 aliphatic carbocycles. The number of hydrogen-bond acceptors (Lipinski definition) is 7. The highest BCUT2D eigenvalue weighted by Crippen LogP contribution is 2.36. The minimum atomic E-state index is -0.521. The van der Waals surface area contributed by atoms with E-state index in [1.54, 1.807) is 12.1 Å². The average molecular weight is 473 g/mol. The van der Waals surface area contributed by atoms with E-state index in [1.807, 2.05) is 67.6 Å². The van der Waals surface area contributed by atoms with Gasteiger partial charge in [-0.15, -0.1) is 5.10 Å². The minimum Gasteiger partial charge on any atom is -0.493 e. The molecule has 0 bridgehead atoms. The fourth-order valence-corrected chi connectivity index (χ4v) is 4.76. The number of hydrazone groups is 1. The molecule has 0 aromatic heterocycles. The van der Waals surface area contributed by atoms with E-state index in [0.29, 0.717) is 34.7 Å². The second-order valence-corrected chi connectivity index (χ2v) is 8.65. The molecule has 2 aliphatic rings. The summed E-state index contributed by atoms with van der Waals surface area (Å²) in [5.74, 6) is 1.77. The van der Waals surface area contributed by atoms with Crippen molar-refractivity contribution in [1.29, 1.82) is 0 Å². The van der Waals surface area contributed by atoms with Crippen molar-refractivity contribution in [2.75, 3.05) is 13.7 Å². The SMILES string of the molecule is CCOc1ccc([C@H]2N=c3ccccc3=C3C(=O)NC(SCc4ccccc4)=NN32)cc1OC. The molecule has 1 atom stereocenters. The van der Waals surface area contributed by atoms with Crippen LogP contribution in [0, 0.1) is 0 Å². The van der Waals surface area contributed by atoms with Gasteiger partial charge in [0.1, 0.15) is 5.70 Å². The molecule has 0 fully saturated rings. The zero-order valence-corrected chi connectivity index (χ0v) is 19.7. The number of ether oxygens (including phenoxy) is 2. The fraction of sp³-hybridized carbons (Fsp3) is 0.192. The Hall–Kier alpha value is -3.78. The minimum absolute atomic E-state index is 0.198. The molecule has 0 saturated carbocycles. The molecule has 2 heterocycles. The highest BCUT2D eigenvalue weighted by molar-refractivity contribution is 8.13. The number of benzene rings is 3. The molecular weight excluding hydrogens is 448 g/mol. The smallest absolute Gasteiger partial charge is 0.276 e. The number of nitrogens with one attached hydrogen (secondary N) is 1. The highest BCUT2D eigenvalue weighted by atomic mass is 32.2. The molecule has 0 radical (unpaired) electrons. The lowest BCUT2D eigenvalue weighted by Crippen LogP contribution is -2.50. The maximum atomic E-state index is 13.3. The summed E-state index contributed by atoms with van der Waals surface area (Å²) in [6.07, 6.45) is -0.521. The van der Waals surface area contributed by atoms with Crippen molar-refractivity contribution < 1.29 is 14.3 Å². The van der Waals surface area contributed by atoms with E-state index in [-0.39, 0.29) is 5.91 Å². The van der Waals surface area contributed by atoms with E-state index in [9.17, 15) is 4.79 Å². The van der Waals surface area contributed by atoms with Gasteiger partial charge in [0.2, 0.25) is 0 Å². The number of rotatable bonds is 6. The summed E-state index contributed by atoms with van der Waals surface area (Å²) in [4.78, 5) is 18.2. The molecule has 172 valence electrons. The molecule has 3 aromatic rings. The summed E-state index contributed by atoms with van der Waals surface area (Å²) in [6.45, 7) is 2.46. The van der Waals surface area contributed by atoms with Gasteiger partial charge in [-0.1, -0.05) is 66.4 Å². The van der Waals surface area contributed by atoms with Crippen LogP contribution in [0.25, 0.3) is 5.70 Å². The number of fused-ring (bicyclic) bond motifs is 2. The van der Waals surface area contributed by atoms with Gasteiger partial charge in [0, 0.05) is 16.5 Å². The first kappa shape index (κ1) is 22.0. The van der Waals surface area contributed by atoms with Crippen LogP contribution in [0.2, 0.25) is 0 Å². The zero-order valence-electron chi connectivity index (χ0n) is 18.9. The second kappa shape index (κ2) is 9.61. The fourth-order valence-electron chi connectivity index (χ4n) is 3.95. The van der Waals surface area contributed by atoms with Crippen molar-refractivity contribution in [2.24, 2.45) is 10.1 Å². The van der Waals surface area contributed by atoms with Crippen molar-refractivity contribution in [3.63, 3.8) is 0 Å². The number of nitrogens with zero attached hydrogens (tertiary/aromatic N) is 3. The van der Waals surface area contributed by atoms with Gasteiger partial charge >= 0.3 is 0 Å². The lowest BCUT2D eigenvalue weighted by molar-refractivity contribution is -0.116. The predicted molar refractivity (Wildman–Crippen MR) is 133 cm³/mol. The van der Waals surface area contributed by atoms with Crippen LogP contribution < -0.4 is 25.4 Å². The topological polar surface area (TPSA) is 75.5 Å². The first-order chi connectivity index (χ1) is 16.7. The molecule has 5 rings (SSSR count). The lowest BCUT2D eigenvalue weighted by Gasteiger charge is -2.34. The summed E-state index contributed by atoms with van der Waals surface area (Å²) < 4.78 is 11.2. The number of carbonyl (C=O) groups is 1. The molecular formula is C26H24N4O3S. The lowest BCUT2D eigenvalue weighted by atomic mass is 10.1. The van der Waals surface area contributed by atoms with E-state index in [4.69, 9.17) is 19.6 Å². The molecule has 8 heteroatoms. The van der Waals surface area contributed by atoms with Gasteiger partial charge in [-0.2, -0.15) is 0 Å². The van der Waals surface area contributed by atoms with Gasteiger partial charge in [-0.25, -0.2) is 5.01 Å². The van der Waals surface area contributed by atoms with Gasteiger partial charge in [0.05, 0.1) is 19.1 Å². The first-order valence-corrected chi connectivity index (χ1v) is 12.0. The van der Waals surface area contributed by atoms with E-state index < -0.39 is 6.17 Å². The summed E-state index contributed by atoms with van der Waals surface area (Å²) in [7, 11) is 1.61. The second-order valence-electron chi connectivity index (χ2n) is 7.69. The summed E-state index contributed by atoms with van der Waals surface area (Å²) in [5, 5.41) is 11.5. The third kappa shape index (κ3) is 4.24. The maximum Gasteiger partial charge on any atom is 0.276 e. The van der Waals surface area contributed by atoms with Gasteiger partial charge in [-0.3, -0.25) is 15.1 Å². The monoisotopic (exact) mass is 472 g/mol. The number of hydrogen-bond donors (Lipinski definition) is 1. The van der Waals surface area contributed by atoms with Crippen LogP contribution in [0.5, 0.6) is 11.5 Å². The third-order valence-electron chi connectivity index (χ3n) is 5.52. The maximum absolute atomic E-state index is 13.3. The van der Waals surface area contributed by atoms with Gasteiger partial charge in [0.15, 0.2) is 22.8 Å². The first-order valence-electron chi connectivity index (χ1n) is 11.0. The Balaban J connectivity index is 1.57. The van der Waals surface area contributed by atoms with Crippen molar-refractivity contribution in [1.82, 2.24) is 10.3 Å².